The molecule has 1 amide bonds. The molecule has 3 aromatic heterocycles. The van der Waals surface area contributed by atoms with Crippen LogP contribution in [-0.2, 0) is 26.6 Å². The summed E-state index contributed by atoms with van der Waals surface area (Å²) < 4.78 is 63.8. The summed E-state index contributed by atoms with van der Waals surface area (Å²) in [5.41, 5.74) is 1.47. The van der Waals surface area contributed by atoms with E-state index in [1.54, 1.807) is 42.5 Å². The van der Waals surface area contributed by atoms with E-state index in [0.29, 0.717) is 31.9 Å². The highest BCUT2D eigenvalue weighted by molar-refractivity contribution is 8.11. The molecule has 46 heavy (non-hydrogen) atoms. The van der Waals surface area contributed by atoms with Crippen molar-refractivity contribution >= 4 is 88.7 Å². The molecule has 0 aliphatic rings. The van der Waals surface area contributed by atoms with Gasteiger partial charge in [0, 0.05) is 0 Å². The molecule has 2 N–H and O–H groups in total. The number of carboxylic acid groups (broad SMARTS) is 1. The number of methoxy groups -OCH3 is 1. The number of nitrogens with zero attached hydrogens (tertiary/aromatic N) is 3. The monoisotopic (exact) mass is 742 g/mol. The zero-order valence-electron chi connectivity index (χ0n) is 24.8. The highest BCUT2D eigenvalue weighted by atomic mass is 35.5. The van der Waals surface area contributed by atoms with Crippen LogP contribution in [0.25, 0.3) is 10.9 Å². The lowest BCUT2D eigenvalue weighted by molar-refractivity contribution is 0.175. The number of carbonyl (C=O) groups is 1. The maximum atomic E-state index is 14.2. The van der Waals surface area contributed by atoms with E-state index in [-0.39, 0.29) is 34.8 Å². The first-order valence-electron chi connectivity index (χ1n) is 13.5. The predicted molar refractivity (Wildman–Crippen MR) is 181 cm³/mol. The molecule has 17 heteroatoms. The number of anilines is 1. The maximum absolute atomic E-state index is 14.2. The summed E-state index contributed by atoms with van der Waals surface area (Å²) in [5, 5.41) is 16.7. The second-order valence-corrected chi connectivity index (χ2v) is 18.8. The third kappa shape index (κ3) is 6.57. The number of halogens is 2. The van der Waals surface area contributed by atoms with Gasteiger partial charge in [-0.1, -0.05) is 74.3 Å². The van der Waals surface area contributed by atoms with Crippen molar-refractivity contribution in [2.75, 3.05) is 10.8 Å². The van der Waals surface area contributed by atoms with E-state index in [4.69, 9.17) is 27.9 Å². The number of hydrogen-bond acceptors (Lipinski definition) is 9. The van der Waals surface area contributed by atoms with Gasteiger partial charge in [-0.05, 0) is 52.9 Å². The van der Waals surface area contributed by atoms with E-state index in [1.807, 2.05) is 20.8 Å². The average molecular weight is 744 g/mol. The topological polar surface area (TPSA) is 148 Å². The normalized spacial score (nSPS) is 13.1. The van der Waals surface area contributed by atoms with Gasteiger partial charge in [0.1, 0.15) is 14.2 Å². The Balaban J connectivity index is 1.68. The quantitative estimate of drug-likeness (QED) is 0.150. The van der Waals surface area contributed by atoms with Crippen LogP contribution in [0.15, 0.2) is 75.1 Å². The maximum Gasteiger partial charge on any atom is 0.405 e. The summed E-state index contributed by atoms with van der Waals surface area (Å²) >= 11 is 13.6. The molecule has 0 aliphatic heterocycles. The van der Waals surface area contributed by atoms with Crippen LogP contribution in [0.1, 0.15) is 37.9 Å². The molecule has 0 aliphatic carbocycles. The SMILES string of the molecule is COc1cccc2c1c(N(S(=O)(=O)c1ccc(Cl)s1)S(=O)(=O)c1ccc(Cl)s1)nn2Cc1ccc(C(NC(=O)O)C(C)(C)C)cc1. The standard InChI is InChI=1S/C29H28Cl2N4O7S4/c1-29(2,3)26(32-28(36)37)18-10-8-17(9-11-18)16-34-19-6-5-7-20(42-4)25(19)27(33-34)35(45(38,39)23-14-12-21(30)43-23)46(40,41)24-15-13-22(31)44-24/h5-15,26,32H,16H2,1-4H3,(H,36,37). The number of rotatable bonds is 10. The van der Waals surface area contributed by atoms with Gasteiger partial charge >= 0.3 is 6.09 Å². The molecule has 2 aromatic carbocycles. The minimum atomic E-state index is -4.79. The van der Waals surface area contributed by atoms with E-state index in [9.17, 15) is 26.7 Å². The summed E-state index contributed by atoms with van der Waals surface area (Å²) in [4.78, 5) is 11.5. The number of hydrogen-bond donors (Lipinski definition) is 2. The van der Waals surface area contributed by atoms with E-state index in [1.165, 1.54) is 36.1 Å². The van der Waals surface area contributed by atoms with E-state index < -0.39 is 43.4 Å². The summed E-state index contributed by atoms with van der Waals surface area (Å²) in [6.07, 6.45) is -1.14. The molecule has 0 radical (unpaired) electrons. The molecular formula is C29H28Cl2N4O7S4. The highest BCUT2D eigenvalue weighted by Crippen LogP contribution is 2.42. The Morgan fingerprint density at radius 1 is 0.957 bits per heavy atom. The number of aromatic nitrogens is 2. The Kier molecular flexibility index (Phi) is 9.38. The number of ether oxygens (including phenoxy) is 1. The largest absolute Gasteiger partial charge is 0.496 e. The van der Waals surface area contributed by atoms with Gasteiger partial charge in [-0.3, -0.25) is 4.68 Å². The molecule has 3 heterocycles. The first-order valence-corrected chi connectivity index (χ1v) is 18.7. The van der Waals surface area contributed by atoms with Crippen molar-refractivity contribution in [3.05, 3.63) is 86.5 Å². The Labute approximate surface area is 284 Å². The molecule has 0 fully saturated rings. The number of nitrogens with one attached hydrogen (secondary N) is 1. The van der Waals surface area contributed by atoms with E-state index in [2.05, 4.69) is 10.4 Å². The van der Waals surface area contributed by atoms with Gasteiger partial charge < -0.3 is 15.2 Å². The molecule has 1 unspecified atom stereocenters. The van der Waals surface area contributed by atoms with Gasteiger partial charge in [-0.2, -0.15) is 21.9 Å². The molecule has 0 bridgehead atoms. The van der Waals surface area contributed by atoms with Crippen LogP contribution in [0.2, 0.25) is 8.67 Å². The summed E-state index contributed by atoms with van der Waals surface area (Å²) in [7, 11) is -8.19. The minimum absolute atomic E-state index is 0.111. The predicted octanol–water partition coefficient (Wildman–Crippen LogP) is 7.46. The fourth-order valence-electron chi connectivity index (χ4n) is 4.90. The smallest absolute Gasteiger partial charge is 0.405 e. The average Bonchev–Trinajstić information content (AvgIpc) is 3.71. The Hall–Kier alpha value is -3.34. The van der Waals surface area contributed by atoms with Crippen LogP contribution in [0.4, 0.5) is 10.6 Å². The Morgan fingerprint density at radius 2 is 1.52 bits per heavy atom. The second-order valence-electron chi connectivity index (χ2n) is 11.2. The molecule has 0 spiro atoms. The highest BCUT2D eigenvalue weighted by Gasteiger charge is 2.42. The third-order valence-electron chi connectivity index (χ3n) is 6.94. The first kappa shape index (κ1) is 34.0. The van der Waals surface area contributed by atoms with Crippen molar-refractivity contribution in [1.82, 2.24) is 15.1 Å². The lowest BCUT2D eigenvalue weighted by Crippen LogP contribution is -2.37. The van der Waals surface area contributed by atoms with Crippen molar-refractivity contribution < 1.29 is 31.5 Å². The third-order valence-corrected chi connectivity index (χ3v) is 14.4. The molecule has 244 valence electrons. The van der Waals surface area contributed by atoms with E-state index in [0.717, 1.165) is 11.1 Å². The number of amides is 1. The van der Waals surface area contributed by atoms with Crippen molar-refractivity contribution in [3.8, 4) is 5.75 Å². The Morgan fingerprint density at radius 3 is 1.98 bits per heavy atom. The zero-order chi connectivity index (χ0) is 33.6. The lowest BCUT2D eigenvalue weighted by Gasteiger charge is -2.31. The van der Waals surface area contributed by atoms with Gasteiger partial charge in [0.2, 0.25) is 0 Å². The van der Waals surface area contributed by atoms with Crippen molar-refractivity contribution in [2.45, 2.75) is 41.8 Å². The van der Waals surface area contributed by atoms with Crippen LogP contribution in [0, 0.1) is 5.41 Å². The molecule has 5 aromatic rings. The van der Waals surface area contributed by atoms with Crippen LogP contribution in [0.5, 0.6) is 5.75 Å². The number of thiophene rings is 2. The molecule has 11 nitrogen and oxygen atoms in total. The summed E-state index contributed by atoms with van der Waals surface area (Å²) in [6.45, 7) is 5.89. The zero-order valence-corrected chi connectivity index (χ0v) is 29.5. The van der Waals surface area contributed by atoms with Crippen LogP contribution < -0.4 is 13.8 Å². The molecule has 5 rings (SSSR count). The van der Waals surface area contributed by atoms with Gasteiger partial charge in [0.15, 0.2) is 5.82 Å². The fourth-order valence-corrected chi connectivity index (χ4v) is 11.9. The number of fused-ring (bicyclic) bond motifs is 1. The summed E-state index contributed by atoms with van der Waals surface area (Å²) in [5.74, 6) is -0.192. The van der Waals surface area contributed by atoms with Crippen LogP contribution >= 0.6 is 45.9 Å². The fraction of sp³-hybridized carbons (Fsp3) is 0.241. The van der Waals surface area contributed by atoms with Crippen LogP contribution in [-0.4, -0.2) is 44.9 Å². The van der Waals surface area contributed by atoms with Gasteiger partial charge in [-0.15, -0.1) is 26.4 Å². The van der Waals surface area contributed by atoms with Crippen molar-refractivity contribution in [3.63, 3.8) is 0 Å². The van der Waals surface area contributed by atoms with Crippen molar-refractivity contribution in [1.29, 1.82) is 0 Å². The molecule has 0 saturated heterocycles. The van der Waals surface area contributed by atoms with Gasteiger partial charge in [-0.25, -0.2) is 4.79 Å². The first-order chi connectivity index (χ1) is 21.5. The van der Waals surface area contributed by atoms with Crippen molar-refractivity contribution in [2.24, 2.45) is 5.41 Å². The van der Waals surface area contributed by atoms with Gasteiger partial charge in [0.25, 0.3) is 20.0 Å². The number of benzene rings is 2. The molecule has 1 atom stereocenters. The van der Waals surface area contributed by atoms with Gasteiger partial charge in [0.05, 0.1) is 39.3 Å². The van der Waals surface area contributed by atoms with E-state index >= 15 is 0 Å². The summed E-state index contributed by atoms with van der Waals surface area (Å²) in [6, 6.07) is 16.9. The molecular weight excluding hydrogens is 716 g/mol. The second kappa shape index (κ2) is 12.7. The number of sulfonamides is 2. The minimum Gasteiger partial charge on any atom is -0.496 e. The van der Waals surface area contributed by atoms with Crippen LogP contribution in [0.3, 0.4) is 0 Å². The lowest BCUT2D eigenvalue weighted by atomic mass is 9.82. The molecule has 0 saturated carbocycles. The Bertz CT molecular complexity index is 2060.